The summed E-state index contributed by atoms with van der Waals surface area (Å²) in [6, 6.07) is 14.4. The van der Waals surface area contributed by atoms with E-state index in [1.54, 1.807) is 18.2 Å². The molecule has 0 bridgehead atoms. The van der Waals surface area contributed by atoms with E-state index in [-0.39, 0.29) is 17.4 Å². The molecule has 0 aromatic heterocycles. The van der Waals surface area contributed by atoms with Gasteiger partial charge in [-0.15, -0.1) is 0 Å². The Bertz CT molecular complexity index is 1260. The Labute approximate surface area is 242 Å². The van der Waals surface area contributed by atoms with Crippen LogP contribution >= 0.6 is 0 Å². The summed E-state index contributed by atoms with van der Waals surface area (Å²) in [4.78, 5) is 43.2. The first kappa shape index (κ1) is 29.3. The number of piperazine rings is 1. The van der Waals surface area contributed by atoms with Gasteiger partial charge in [-0.2, -0.15) is 0 Å². The maximum absolute atomic E-state index is 13.8. The summed E-state index contributed by atoms with van der Waals surface area (Å²) in [5, 5.41) is 23.6. The van der Waals surface area contributed by atoms with E-state index in [1.807, 2.05) is 23.1 Å². The number of piperidine rings is 1. The highest BCUT2D eigenvalue weighted by atomic mass is 16.4. The molecule has 0 unspecified atom stereocenters. The smallest absolute Gasteiger partial charge is 0.335 e. The minimum Gasteiger partial charge on any atom is -0.478 e. The van der Waals surface area contributed by atoms with E-state index >= 15 is 0 Å². The van der Waals surface area contributed by atoms with Crippen LogP contribution in [0.2, 0.25) is 0 Å². The molecule has 2 amide bonds. The highest BCUT2D eigenvalue weighted by molar-refractivity contribution is 6.00. The third-order valence-corrected chi connectivity index (χ3v) is 9.37. The number of carbonyl (C=O) groups excluding carboxylic acids is 2. The molecular weight excluding hydrogens is 518 g/mol. The zero-order chi connectivity index (χ0) is 29.0. The fraction of sp³-hybridized carbons (Fsp3) is 0.545. The molecule has 2 aliphatic heterocycles. The Morgan fingerprint density at radius 2 is 1.66 bits per heavy atom. The standard InChI is InChI=1S/C33H43N3O5/c1-2-3-17-36-29(37)28(22-32(41)13-5-4-6-14-32)34-31(40)33(36)15-18-35(19-16-33)23-24-9-7-10-25(20-24)26-11-8-12-27(21-26)30(38)39/h7-12,20-21,28,41H,2-6,13-19,22-23H2,1H3,(H,34,40)(H,38,39)/t28-/m1/s1. The number of carboxylic acids is 1. The van der Waals surface area contributed by atoms with E-state index in [1.165, 1.54) is 0 Å². The molecule has 2 aromatic rings. The SMILES string of the molecule is CCCCN1C(=O)[C@@H](CC2(O)CCCCC2)NC(=O)C12CCN(Cc1cccc(-c3cccc(C(=O)O)c3)c1)CC2. The Morgan fingerprint density at radius 3 is 2.34 bits per heavy atom. The zero-order valence-electron chi connectivity index (χ0n) is 24.1. The predicted octanol–water partition coefficient (Wildman–Crippen LogP) is 4.60. The number of carboxylic acid groups (broad SMARTS) is 1. The van der Waals surface area contributed by atoms with Crippen molar-refractivity contribution >= 4 is 17.8 Å². The lowest BCUT2D eigenvalue weighted by atomic mass is 9.77. The molecule has 2 heterocycles. The van der Waals surface area contributed by atoms with Crippen LogP contribution in [-0.2, 0) is 16.1 Å². The second-order valence-electron chi connectivity index (χ2n) is 12.3. The van der Waals surface area contributed by atoms with Crippen molar-refractivity contribution in [1.29, 1.82) is 0 Å². The molecule has 0 radical (unpaired) electrons. The quantitative estimate of drug-likeness (QED) is 0.413. The summed E-state index contributed by atoms with van der Waals surface area (Å²) in [5.41, 5.74) is 1.49. The van der Waals surface area contributed by atoms with Gasteiger partial charge in [0.1, 0.15) is 11.6 Å². The van der Waals surface area contributed by atoms with Crippen molar-refractivity contribution < 1.29 is 24.6 Å². The van der Waals surface area contributed by atoms with Gasteiger partial charge in [0.15, 0.2) is 0 Å². The number of nitrogens with one attached hydrogen (secondary N) is 1. The lowest BCUT2D eigenvalue weighted by Crippen LogP contribution is -2.73. The maximum Gasteiger partial charge on any atom is 0.335 e. The average molecular weight is 562 g/mol. The van der Waals surface area contributed by atoms with E-state index in [2.05, 4.69) is 29.3 Å². The highest BCUT2D eigenvalue weighted by Crippen LogP contribution is 2.38. The largest absolute Gasteiger partial charge is 0.478 e. The Morgan fingerprint density at radius 1 is 0.976 bits per heavy atom. The van der Waals surface area contributed by atoms with Gasteiger partial charge in [0.2, 0.25) is 11.8 Å². The summed E-state index contributed by atoms with van der Waals surface area (Å²) in [7, 11) is 0. The highest BCUT2D eigenvalue weighted by Gasteiger charge is 2.54. The molecule has 3 aliphatic rings. The summed E-state index contributed by atoms with van der Waals surface area (Å²) in [5.74, 6) is -1.06. The van der Waals surface area contributed by atoms with Gasteiger partial charge in [0, 0.05) is 32.6 Å². The van der Waals surface area contributed by atoms with Gasteiger partial charge in [-0.25, -0.2) is 4.79 Å². The van der Waals surface area contributed by atoms with Crippen LogP contribution < -0.4 is 5.32 Å². The Balaban J connectivity index is 1.27. The van der Waals surface area contributed by atoms with E-state index in [4.69, 9.17) is 0 Å². The number of amides is 2. The van der Waals surface area contributed by atoms with Crippen molar-refractivity contribution in [2.24, 2.45) is 0 Å². The van der Waals surface area contributed by atoms with Crippen LogP contribution in [0.25, 0.3) is 11.1 Å². The molecule has 41 heavy (non-hydrogen) atoms. The van der Waals surface area contributed by atoms with E-state index in [9.17, 15) is 24.6 Å². The molecule has 1 atom stereocenters. The first-order valence-electron chi connectivity index (χ1n) is 15.2. The lowest BCUT2D eigenvalue weighted by Gasteiger charge is -2.52. The number of likely N-dealkylation sites (tertiary alicyclic amines) is 1. The molecule has 3 N–H and O–H groups in total. The van der Waals surface area contributed by atoms with Crippen molar-refractivity contribution in [3.05, 3.63) is 59.7 Å². The second kappa shape index (κ2) is 12.3. The summed E-state index contributed by atoms with van der Waals surface area (Å²) in [6.45, 7) is 4.75. The molecular formula is C33H43N3O5. The van der Waals surface area contributed by atoms with Gasteiger partial charge in [-0.1, -0.05) is 62.9 Å². The van der Waals surface area contributed by atoms with Crippen molar-refractivity contribution in [2.45, 2.75) is 94.9 Å². The summed E-state index contributed by atoms with van der Waals surface area (Å²) < 4.78 is 0. The Hall–Kier alpha value is -3.23. The molecule has 3 fully saturated rings. The molecule has 1 saturated carbocycles. The van der Waals surface area contributed by atoms with E-state index in [0.717, 1.165) is 48.8 Å². The molecule has 1 spiro atoms. The molecule has 2 aromatic carbocycles. The molecule has 8 nitrogen and oxygen atoms in total. The van der Waals surface area contributed by atoms with Crippen molar-refractivity contribution in [3.63, 3.8) is 0 Å². The third-order valence-electron chi connectivity index (χ3n) is 9.37. The number of carbonyl (C=O) groups is 3. The van der Waals surface area contributed by atoms with Crippen LogP contribution in [0.4, 0.5) is 0 Å². The second-order valence-corrected chi connectivity index (χ2v) is 12.3. The van der Waals surface area contributed by atoms with Gasteiger partial charge >= 0.3 is 5.97 Å². The molecule has 5 rings (SSSR count). The average Bonchev–Trinajstić information content (AvgIpc) is 2.97. The van der Waals surface area contributed by atoms with E-state index in [0.29, 0.717) is 58.3 Å². The Kier molecular flexibility index (Phi) is 8.80. The minimum atomic E-state index is -0.945. The first-order valence-corrected chi connectivity index (χ1v) is 15.2. The number of hydrogen-bond acceptors (Lipinski definition) is 5. The van der Waals surface area contributed by atoms with Crippen LogP contribution in [0.5, 0.6) is 0 Å². The van der Waals surface area contributed by atoms with Gasteiger partial charge in [-0.3, -0.25) is 14.5 Å². The van der Waals surface area contributed by atoms with Crippen molar-refractivity contribution in [2.75, 3.05) is 19.6 Å². The molecule has 220 valence electrons. The lowest BCUT2D eigenvalue weighted by molar-refractivity contribution is -0.163. The minimum absolute atomic E-state index is 0.0400. The fourth-order valence-electron chi connectivity index (χ4n) is 6.97. The van der Waals surface area contributed by atoms with Crippen LogP contribution in [0.1, 0.15) is 87.1 Å². The number of rotatable bonds is 9. The van der Waals surface area contributed by atoms with Crippen LogP contribution in [-0.4, -0.2) is 74.6 Å². The number of nitrogens with zero attached hydrogens (tertiary/aromatic N) is 2. The normalized spacial score (nSPS) is 22.5. The molecule has 2 saturated heterocycles. The van der Waals surface area contributed by atoms with Crippen LogP contribution in [0.3, 0.4) is 0 Å². The molecule has 1 aliphatic carbocycles. The number of unbranched alkanes of at least 4 members (excludes halogenated alkanes) is 1. The number of aromatic carboxylic acids is 1. The van der Waals surface area contributed by atoms with Crippen LogP contribution in [0, 0.1) is 0 Å². The van der Waals surface area contributed by atoms with Gasteiger partial charge < -0.3 is 20.4 Å². The first-order chi connectivity index (χ1) is 19.7. The topological polar surface area (TPSA) is 110 Å². The molecule has 8 heteroatoms. The number of aliphatic hydroxyl groups is 1. The zero-order valence-corrected chi connectivity index (χ0v) is 24.1. The third kappa shape index (κ3) is 6.33. The van der Waals surface area contributed by atoms with Gasteiger partial charge in [-0.05, 0) is 67.0 Å². The predicted molar refractivity (Wildman–Crippen MR) is 157 cm³/mol. The maximum atomic E-state index is 13.8. The van der Waals surface area contributed by atoms with Gasteiger partial charge in [0.05, 0.1) is 11.2 Å². The number of hydrogen-bond donors (Lipinski definition) is 3. The van der Waals surface area contributed by atoms with Crippen LogP contribution in [0.15, 0.2) is 48.5 Å². The summed E-state index contributed by atoms with van der Waals surface area (Å²) in [6.07, 6.45) is 7.64. The van der Waals surface area contributed by atoms with Crippen molar-refractivity contribution in [1.82, 2.24) is 15.1 Å². The monoisotopic (exact) mass is 561 g/mol. The summed E-state index contributed by atoms with van der Waals surface area (Å²) >= 11 is 0. The number of benzene rings is 2. The van der Waals surface area contributed by atoms with Gasteiger partial charge in [0.25, 0.3) is 0 Å². The fourth-order valence-corrected chi connectivity index (χ4v) is 6.97. The van der Waals surface area contributed by atoms with E-state index < -0.39 is 23.2 Å². The van der Waals surface area contributed by atoms with Crippen molar-refractivity contribution in [3.8, 4) is 11.1 Å².